The molecule has 0 atom stereocenters. The summed E-state index contributed by atoms with van der Waals surface area (Å²) in [5.74, 6) is 2.60. The SMILES string of the molecule is CS(=O)(=O)c1ccc2c(c1)CCN(c1cc(NCC3CC3)ncn1)CC2. The highest BCUT2D eigenvalue weighted by Gasteiger charge is 2.21. The first-order chi connectivity index (χ1) is 12.5. The monoisotopic (exact) mass is 372 g/mol. The van der Waals surface area contributed by atoms with Gasteiger partial charge in [-0.25, -0.2) is 18.4 Å². The van der Waals surface area contributed by atoms with Gasteiger partial charge in [-0.15, -0.1) is 0 Å². The molecule has 1 fully saturated rings. The third-order valence-corrected chi connectivity index (χ3v) is 6.26. The molecule has 1 saturated carbocycles. The molecule has 6 nitrogen and oxygen atoms in total. The third-order valence-electron chi connectivity index (χ3n) is 5.15. The molecule has 2 aliphatic rings. The molecular weight excluding hydrogens is 348 g/mol. The van der Waals surface area contributed by atoms with Gasteiger partial charge in [-0.05, 0) is 54.9 Å². The highest BCUT2D eigenvalue weighted by molar-refractivity contribution is 7.90. The molecule has 26 heavy (non-hydrogen) atoms. The molecule has 0 spiro atoms. The lowest BCUT2D eigenvalue weighted by Crippen LogP contribution is -2.27. The fourth-order valence-electron chi connectivity index (χ4n) is 3.35. The van der Waals surface area contributed by atoms with Crippen molar-refractivity contribution in [1.82, 2.24) is 9.97 Å². The van der Waals surface area contributed by atoms with Crippen LogP contribution in [0.15, 0.2) is 35.5 Å². The molecule has 1 aromatic heterocycles. The number of hydrogen-bond acceptors (Lipinski definition) is 6. The first kappa shape index (κ1) is 17.3. The summed E-state index contributed by atoms with van der Waals surface area (Å²) in [4.78, 5) is 11.4. The van der Waals surface area contributed by atoms with Crippen LogP contribution in [0.2, 0.25) is 0 Å². The Morgan fingerprint density at radius 3 is 2.62 bits per heavy atom. The number of anilines is 2. The van der Waals surface area contributed by atoms with Gasteiger partial charge in [-0.1, -0.05) is 6.07 Å². The van der Waals surface area contributed by atoms with E-state index >= 15 is 0 Å². The molecule has 1 aromatic carbocycles. The normalized spacial score (nSPS) is 17.5. The number of benzene rings is 1. The van der Waals surface area contributed by atoms with Crippen LogP contribution in [0.4, 0.5) is 11.6 Å². The quantitative estimate of drug-likeness (QED) is 0.868. The Labute approximate surface area is 154 Å². The van der Waals surface area contributed by atoms with E-state index in [1.807, 2.05) is 18.2 Å². The number of fused-ring (bicyclic) bond motifs is 1. The van der Waals surface area contributed by atoms with E-state index in [1.54, 1.807) is 12.4 Å². The van der Waals surface area contributed by atoms with E-state index in [0.29, 0.717) is 4.90 Å². The van der Waals surface area contributed by atoms with E-state index in [2.05, 4.69) is 20.2 Å². The fraction of sp³-hybridized carbons (Fsp3) is 0.474. The van der Waals surface area contributed by atoms with Crippen LogP contribution in [-0.2, 0) is 22.7 Å². The zero-order valence-electron chi connectivity index (χ0n) is 15.0. The van der Waals surface area contributed by atoms with Crippen LogP contribution in [-0.4, -0.2) is 44.3 Å². The predicted molar refractivity (Wildman–Crippen MR) is 102 cm³/mol. The van der Waals surface area contributed by atoms with Gasteiger partial charge in [0.15, 0.2) is 9.84 Å². The van der Waals surface area contributed by atoms with Crippen molar-refractivity contribution in [2.45, 2.75) is 30.6 Å². The maximum absolute atomic E-state index is 11.8. The van der Waals surface area contributed by atoms with Gasteiger partial charge >= 0.3 is 0 Å². The zero-order chi connectivity index (χ0) is 18.1. The average molecular weight is 372 g/mol. The van der Waals surface area contributed by atoms with Crippen LogP contribution in [0.5, 0.6) is 0 Å². The van der Waals surface area contributed by atoms with E-state index in [4.69, 9.17) is 0 Å². The molecule has 7 heteroatoms. The lowest BCUT2D eigenvalue weighted by atomic mass is 10.0. The first-order valence-corrected chi connectivity index (χ1v) is 11.0. The Morgan fingerprint density at radius 2 is 1.88 bits per heavy atom. The van der Waals surface area contributed by atoms with Crippen LogP contribution < -0.4 is 10.2 Å². The van der Waals surface area contributed by atoms with Crippen molar-refractivity contribution < 1.29 is 8.42 Å². The van der Waals surface area contributed by atoms with Crippen molar-refractivity contribution in [3.8, 4) is 0 Å². The first-order valence-electron chi connectivity index (χ1n) is 9.12. The van der Waals surface area contributed by atoms with Gasteiger partial charge in [-0.3, -0.25) is 0 Å². The smallest absolute Gasteiger partial charge is 0.175 e. The van der Waals surface area contributed by atoms with Crippen molar-refractivity contribution in [1.29, 1.82) is 0 Å². The fourth-order valence-corrected chi connectivity index (χ4v) is 4.02. The lowest BCUT2D eigenvalue weighted by Gasteiger charge is -2.21. The molecule has 138 valence electrons. The summed E-state index contributed by atoms with van der Waals surface area (Å²) in [5.41, 5.74) is 2.35. The summed E-state index contributed by atoms with van der Waals surface area (Å²) in [6, 6.07) is 7.52. The van der Waals surface area contributed by atoms with E-state index in [9.17, 15) is 8.42 Å². The topological polar surface area (TPSA) is 75.2 Å². The van der Waals surface area contributed by atoms with Gasteiger partial charge in [0, 0.05) is 32.0 Å². The van der Waals surface area contributed by atoms with Crippen molar-refractivity contribution in [3.05, 3.63) is 41.7 Å². The summed E-state index contributed by atoms with van der Waals surface area (Å²) < 4.78 is 23.6. The second-order valence-corrected chi connectivity index (χ2v) is 9.29. The van der Waals surface area contributed by atoms with Crippen LogP contribution >= 0.6 is 0 Å². The summed E-state index contributed by atoms with van der Waals surface area (Å²) in [7, 11) is -3.17. The van der Waals surface area contributed by atoms with Crippen LogP contribution in [0.1, 0.15) is 24.0 Å². The van der Waals surface area contributed by atoms with Gasteiger partial charge < -0.3 is 10.2 Å². The maximum Gasteiger partial charge on any atom is 0.175 e. The molecule has 2 aromatic rings. The molecule has 0 bridgehead atoms. The number of hydrogen-bond donors (Lipinski definition) is 1. The molecule has 0 amide bonds. The van der Waals surface area contributed by atoms with Gasteiger partial charge in [0.1, 0.15) is 18.0 Å². The Hall–Kier alpha value is -2.15. The Kier molecular flexibility index (Phi) is 4.56. The average Bonchev–Trinajstić information content (AvgIpc) is 3.45. The van der Waals surface area contributed by atoms with Gasteiger partial charge in [0.05, 0.1) is 4.90 Å². The Bertz CT molecular complexity index is 910. The van der Waals surface area contributed by atoms with Crippen molar-refractivity contribution in [3.63, 3.8) is 0 Å². The van der Waals surface area contributed by atoms with Crippen molar-refractivity contribution in [2.24, 2.45) is 5.92 Å². The molecular formula is C19H24N4O2S. The van der Waals surface area contributed by atoms with E-state index in [0.717, 1.165) is 55.6 Å². The molecule has 1 aliphatic carbocycles. The summed E-state index contributed by atoms with van der Waals surface area (Å²) in [5, 5.41) is 3.40. The number of nitrogens with one attached hydrogen (secondary N) is 1. The number of sulfone groups is 1. The van der Waals surface area contributed by atoms with E-state index < -0.39 is 9.84 Å². The minimum atomic E-state index is -3.17. The van der Waals surface area contributed by atoms with Crippen LogP contribution in [0.25, 0.3) is 0 Å². The Balaban J connectivity index is 1.49. The summed E-state index contributed by atoms with van der Waals surface area (Å²) in [6.07, 6.45) is 7.19. The number of rotatable bonds is 5. The summed E-state index contributed by atoms with van der Waals surface area (Å²) in [6.45, 7) is 2.67. The molecule has 1 N–H and O–H groups in total. The molecule has 2 heterocycles. The van der Waals surface area contributed by atoms with Crippen LogP contribution in [0, 0.1) is 5.92 Å². The predicted octanol–water partition coefficient (Wildman–Crippen LogP) is 2.31. The second-order valence-electron chi connectivity index (χ2n) is 7.28. The molecule has 0 saturated heterocycles. The number of aromatic nitrogens is 2. The Morgan fingerprint density at radius 1 is 1.12 bits per heavy atom. The highest BCUT2D eigenvalue weighted by atomic mass is 32.2. The molecule has 1 aliphatic heterocycles. The minimum absolute atomic E-state index is 0.401. The van der Waals surface area contributed by atoms with Gasteiger partial charge in [0.2, 0.25) is 0 Å². The minimum Gasteiger partial charge on any atom is -0.370 e. The van der Waals surface area contributed by atoms with Crippen LogP contribution in [0.3, 0.4) is 0 Å². The van der Waals surface area contributed by atoms with E-state index in [-0.39, 0.29) is 0 Å². The molecule has 4 rings (SSSR count). The largest absolute Gasteiger partial charge is 0.370 e. The van der Waals surface area contributed by atoms with Crippen molar-refractivity contribution >= 4 is 21.5 Å². The van der Waals surface area contributed by atoms with Gasteiger partial charge in [0.25, 0.3) is 0 Å². The summed E-state index contributed by atoms with van der Waals surface area (Å²) >= 11 is 0. The lowest BCUT2D eigenvalue weighted by molar-refractivity contribution is 0.601. The number of nitrogens with zero attached hydrogens (tertiary/aromatic N) is 3. The van der Waals surface area contributed by atoms with Crippen molar-refractivity contribution in [2.75, 3.05) is 36.1 Å². The van der Waals surface area contributed by atoms with Gasteiger partial charge in [-0.2, -0.15) is 0 Å². The van der Waals surface area contributed by atoms with E-state index in [1.165, 1.54) is 24.7 Å². The highest BCUT2D eigenvalue weighted by Crippen LogP contribution is 2.29. The maximum atomic E-state index is 11.8. The second kappa shape index (κ2) is 6.87. The zero-order valence-corrected chi connectivity index (χ0v) is 15.8. The molecule has 0 radical (unpaired) electrons. The standard InChI is InChI=1S/C19H24N4O2S/c1-26(24,25)17-5-4-15-6-8-23(9-7-16(15)10-17)19-11-18(21-13-22-19)20-12-14-2-3-14/h4-5,10-11,13-14H,2-3,6-9,12H2,1H3,(H,20,21,22). The molecule has 0 unspecified atom stereocenters. The third kappa shape index (κ3) is 3.98.